The Bertz CT molecular complexity index is 868. The molecule has 0 radical (unpaired) electrons. The highest BCUT2D eigenvalue weighted by Crippen LogP contribution is 2.29. The van der Waals surface area contributed by atoms with Crippen LogP contribution in [0.3, 0.4) is 0 Å². The molecule has 0 aromatic heterocycles. The molecule has 1 aliphatic carbocycles. The van der Waals surface area contributed by atoms with Crippen molar-refractivity contribution in [3.8, 4) is 5.75 Å². The monoisotopic (exact) mass is 388 g/mol. The largest absolute Gasteiger partial charge is 0.494 e. The van der Waals surface area contributed by atoms with E-state index < -0.39 is 4.92 Å². The number of hydrogen-bond acceptors (Lipinski definition) is 4. The Labute approximate surface area is 162 Å². The van der Waals surface area contributed by atoms with Crippen LogP contribution in [-0.4, -0.2) is 30.0 Å². The van der Waals surface area contributed by atoms with Crippen molar-refractivity contribution in [1.29, 1.82) is 0 Å². The quantitative estimate of drug-likeness (QED) is 0.537. The van der Waals surface area contributed by atoms with Gasteiger partial charge in [0, 0.05) is 24.5 Å². The first kappa shape index (κ1) is 19.8. The van der Waals surface area contributed by atoms with Gasteiger partial charge < -0.3 is 15.0 Å². The van der Waals surface area contributed by atoms with E-state index in [0.29, 0.717) is 18.3 Å². The van der Waals surface area contributed by atoms with Crippen molar-refractivity contribution in [2.75, 3.05) is 12.4 Å². The summed E-state index contributed by atoms with van der Waals surface area (Å²) in [6.45, 7) is 2.47. The van der Waals surface area contributed by atoms with E-state index in [4.69, 9.17) is 4.74 Å². The summed E-state index contributed by atoms with van der Waals surface area (Å²) in [5.41, 5.74) is 1.25. The van der Waals surface area contributed by atoms with E-state index in [1.54, 1.807) is 12.1 Å². The molecular formula is C20H23FN3O4+. The fraction of sp³-hybridized carbons (Fsp3) is 0.350. The standard InChI is InChI=1S/C20H22FN3O4/c1-13(23(16-7-8-16)12-14-3-5-15(21)6-4-14)20(25)22-18-10-9-17(24(26)27)11-19(18)28-2/h3-6,9-11,13,16H,7-8,12H2,1-2H3,(H,22,25)/p+1/t13-/m0/s1. The van der Waals surface area contributed by atoms with Crippen molar-refractivity contribution in [3.63, 3.8) is 0 Å². The molecule has 1 aliphatic rings. The van der Waals surface area contributed by atoms with Crippen molar-refractivity contribution < 1.29 is 23.7 Å². The summed E-state index contributed by atoms with van der Waals surface area (Å²) in [6, 6.07) is 10.4. The molecule has 0 aliphatic heterocycles. The molecule has 2 aromatic rings. The molecule has 8 heteroatoms. The average Bonchev–Trinajstić information content (AvgIpc) is 3.52. The van der Waals surface area contributed by atoms with Gasteiger partial charge in [0.1, 0.15) is 18.1 Å². The Morgan fingerprint density at radius 2 is 2.00 bits per heavy atom. The number of methoxy groups -OCH3 is 1. The second-order valence-electron chi connectivity index (χ2n) is 7.01. The number of halogens is 1. The number of benzene rings is 2. The van der Waals surface area contributed by atoms with Gasteiger partial charge in [-0.1, -0.05) is 12.1 Å². The zero-order valence-corrected chi connectivity index (χ0v) is 15.8. The van der Waals surface area contributed by atoms with Gasteiger partial charge in [0.15, 0.2) is 6.04 Å². The molecule has 0 saturated heterocycles. The highest BCUT2D eigenvalue weighted by atomic mass is 19.1. The van der Waals surface area contributed by atoms with E-state index in [9.17, 15) is 19.3 Å². The molecule has 0 spiro atoms. The number of amides is 1. The topological polar surface area (TPSA) is 85.9 Å². The number of carbonyl (C=O) groups excluding carboxylic acids is 1. The average molecular weight is 388 g/mol. The van der Waals surface area contributed by atoms with Crippen molar-refractivity contribution in [3.05, 3.63) is 64.0 Å². The summed E-state index contributed by atoms with van der Waals surface area (Å²) < 4.78 is 18.3. The Kier molecular flexibility index (Phi) is 5.89. The van der Waals surface area contributed by atoms with E-state index in [-0.39, 0.29) is 29.2 Å². The highest BCUT2D eigenvalue weighted by molar-refractivity contribution is 5.95. The summed E-state index contributed by atoms with van der Waals surface area (Å²) in [5, 5.41) is 13.7. The number of ether oxygens (including phenoxy) is 1. The van der Waals surface area contributed by atoms with Gasteiger partial charge in [-0.2, -0.15) is 0 Å². The Hall–Kier alpha value is -3.00. The van der Waals surface area contributed by atoms with E-state index in [2.05, 4.69) is 5.32 Å². The number of anilines is 1. The van der Waals surface area contributed by atoms with Crippen molar-refractivity contribution in [1.82, 2.24) is 0 Å². The van der Waals surface area contributed by atoms with Gasteiger partial charge in [0.25, 0.3) is 11.6 Å². The number of nitro benzene ring substituents is 1. The molecule has 1 unspecified atom stereocenters. The Balaban J connectivity index is 1.73. The molecule has 0 bridgehead atoms. The highest BCUT2D eigenvalue weighted by Gasteiger charge is 2.39. The summed E-state index contributed by atoms with van der Waals surface area (Å²) in [6.07, 6.45) is 2.10. The van der Waals surface area contributed by atoms with Crippen LogP contribution < -0.4 is 15.0 Å². The van der Waals surface area contributed by atoms with Crippen LogP contribution >= 0.6 is 0 Å². The number of rotatable bonds is 8. The predicted molar refractivity (Wildman–Crippen MR) is 102 cm³/mol. The second kappa shape index (κ2) is 8.35. The lowest BCUT2D eigenvalue weighted by atomic mass is 10.1. The van der Waals surface area contributed by atoms with Crippen LogP contribution in [0.15, 0.2) is 42.5 Å². The fourth-order valence-electron chi connectivity index (χ4n) is 3.25. The third-order valence-corrected chi connectivity index (χ3v) is 5.03. The van der Waals surface area contributed by atoms with Crippen LogP contribution in [0.4, 0.5) is 15.8 Å². The smallest absolute Gasteiger partial charge is 0.282 e. The first-order chi connectivity index (χ1) is 13.4. The van der Waals surface area contributed by atoms with Gasteiger partial charge in [-0.15, -0.1) is 0 Å². The SMILES string of the molecule is COc1cc([N+](=O)[O-])ccc1NC(=O)[C@H](C)[NH+](Cc1ccc(F)cc1)C1CC1. The summed E-state index contributed by atoms with van der Waals surface area (Å²) >= 11 is 0. The number of nitrogens with zero attached hydrogens (tertiary/aromatic N) is 1. The maximum atomic E-state index is 13.1. The zero-order chi connectivity index (χ0) is 20.3. The molecule has 1 saturated carbocycles. The van der Waals surface area contributed by atoms with Crippen LogP contribution in [0, 0.1) is 15.9 Å². The maximum absolute atomic E-state index is 13.1. The molecule has 1 amide bonds. The molecule has 2 N–H and O–H groups in total. The number of nitrogens with one attached hydrogen (secondary N) is 2. The Morgan fingerprint density at radius 1 is 1.32 bits per heavy atom. The van der Waals surface area contributed by atoms with Gasteiger partial charge in [-0.05, 0) is 25.1 Å². The minimum absolute atomic E-state index is 0.107. The molecule has 2 atom stereocenters. The van der Waals surface area contributed by atoms with E-state index >= 15 is 0 Å². The first-order valence-corrected chi connectivity index (χ1v) is 9.12. The molecule has 1 fully saturated rings. The lowest BCUT2D eigenvalue weighted by Gasteiger charge is -2.25. The van der Waals surface area contributed by atoms with Crippen LogP contribution in [0.2, 0.25) is 0 Å². The van der Waals surface area contributed by atoms with Gasteiger partial charge in [0.2, 0.25) is 0 Å². The molecule has 3 rings (SSSR count). The van der Waals surface area contributed by atoms with Gasteiger partial charge in [0.05, 0.1) is 29.8 Å². The Morgan fingerprint density at radius 3 is 2.57 bits per heavy atom. The number of carbonyl (C=O) groups is 1. The van der Waals surface area contributed by atoms with Gasteiger partial charge >= 0.3 is 0 Å². The lowest BCUT2D eigenvalue weighted by Crippen LogP contribution is -3.16. The second-order valence-corrected chi connectivity index (χ2v) is 7.01. The zero-order valence-electron chi connectivity index (χ0n) is 15.8. The van der Waals surface area contributed by atoms with E-state index in [1.165, 1.54) is 37.4 Å². The van der Waals surface area contributed by atoms with Crippen LogP contribution in [0.25, 0.3) is 0 Å². The van der Waals surface area contributed by atoms with E-state index in [1.807, 2.05) is 6.92 Å². The van der Waals surface area contributed by atoms with Crippen LogP contribution in [-0.2, 0) is 11.3 Å². The maximum Gasteiger partial charge on any atom is 0.282 e. The van der Waals surface area contributed by atoms with Crippen molar-refractivity contribution in [2.45, 2.75) is 38.4 Å². The number of hydrogen-bond donors (Lipinski definition) is 2. The summed E-state index contributed by atoms with van der Waals surface area (Å²) in [5.74, 6) is -0.245. The molecule has 0 heterocycles. The normalized spacial score (nSPS) is 15.5. The lowest BCUT2D eigenvalue weighted by molar-refractivity contribution is -0.938. The van der Waals surface area contributed by atoms with E-state index in [0.717, 1.165) is 23.3 Å². The van der Waals surface area contributed by atoms with Gasteiger partial charge in [-0.3, -0.25) is 14.9 Å². The number of non-ortho nitro benzene ring substituents is 1. The molecule has 28 heavy (non-hydrogen) atoms. The number of nitro groups is 1. The first-order valence-electron chi connectivity index (χ1n) is 9.12. The molecule has 2 aromatic carbocycles. The molecule has 7 nitrogen and oxygen atoms in total. The van der Waals surface area contributed by atoms with Crippen molar-refractivity contribution in [2.24, 2.45) is 0 Å². The summed E-state index contributed by atoms with van der Waals surface area (Å²) in [4.78, 5) is 24.3. The molecular weight excluding hydrogens is 365 g/mol. The fourth-order valence-corrected chi connectivity index (χ4v) is 3.25. The van der Waals surface area contributed by atoms with Crippen LogP contribution in [0.5, 0.6) is 5.75 Å². The third-order valence-electron chi connectivity index (χ3n) is 5.03. The minimum atomic E-state index is -0.515. The van der Waals surface area contributed by atoms with Gasteiger partial charge in [-0.25, -0.2) is 4.39 Å². The van der Waals surface area contributed by atoms with Crippen molar-refractivity contribution >= 4 is 17.3 Å². The molecule has 148 valence electrons. The third kappa shape index (κ3) is 4.64. The van der Waals surface area contributed by atoms with Crippen LogP contribution in [0.1, 0.15) is 25.3 Å². The number of quaternary nitrogens is 1. The minimum Gasteiger partial charge on any atom is -0.494 e. The summed E-state index contributed by atoms with van der Waals surface area (Å²) in [7, 11) is 1.40. The predicted octanol–water partition coefficient (Wildman–Crippen LogP) is 2.32.